The summed E-state index contributed by atoms with van der Waals surface area (Å²) in [6.45, 7) is 3.79. The molecule has 3 heterocycles. The van der Waals surface area contributed by atoms with Crippen LogP contribution in [0.2, 0.25) is 0 Å². The highest BCUT2D eigenvalue weighted by Gasteiger charge is 2.41. The first-order valence-electron chi connectivity index (χ1n) is 8.03. The van der Waals surface area contributed by atoms with E-state index in [4.69, 9.17) is 4.74 Å². The average molecular weight is 450 g/mol. The van der Waals surface area contributed by atoms with Gasteiger partial charge in [-0.25, -0.2) is 0 Å². The molecular formula is C14H23IN6O3. The van der Waals surface area contributed by atoms with Crippen LogP contribution in [-0.2, 0) is 11.3 Å². The lowest BCUT2D eigenvalue weighted by molar-refractivity contribution is -0.385. The zero-order valence-electron chi connectivity index (χ0n) is 13.6. The van der Waals surface area contributed by atoms with E-state index in [0.717, 1.165) is 31.8 Å². The zero-order chi connectivity index (χ0) is 16.2. The van der Waals surface area contributed by atoms with Crippen molar-refractivity contribution < 1.29 is 9.66 Å². The van der Waals surface area contributed by atoms with Gasteiger partial charge in [-0.1, -0.05) is 0 Å². The molecule has 0 radical (unpaired) electrons. The molecule has 0 aromatic carbocycles. The van der Waals surface area contributed by atoms with E-state index in [9.17, 15) is 10.1 Å². The van der Waals surface area contributed by atoms with Crippen LogP contribution in [0.3, 0.4) is 0 Å². The molecule has 1 aromatic heterocycles. The topological polar surface area (TPSA) is 107 Å². The molecule has 0 spiro atoms. The van der Waals surface area contributed by atoms with Crippen molar-refractivity contribution in [2.45, 2.75) is 51.0 Å². The molecule has 2 aliphatic rings. The number of nitrogens with zero attached hydrogens (tertiary/aromatic N) is 4. The lowest BCUT2D eigenvalue weighted by Crippen LogP contribution is -2.47. The van der Waals surface area contributed by atoms with E-state index in [1.807, 2.05) is 6.92 Å². The number of nitrogens with one attached hydrogen (secondary N) is 2. The van der Waals surface area contributed by atoms with Crippen LogP contribution < -0.4 is 10.6 Å². The Bertz CT molecular complexity index is 593. The second kappa shape index (κ2) is 8.60. The quantitative estimate of drug-likeness (QED) is 0.223. The van der Waals surface area contributed by atoms with Crippen LogP contribution >= 0.6 is 24.0 Å². The standard InChI is InChI=1S/C14H22N6O3.HI/c1-2-15-14(18-12-7-11-3-4-13(12)23-11)16-5-6-19-9-10(8-17-19)20(21)22;/h8-9,11-13H,2-7H2,1H3,(H2,15,16,18);1H. The fourth-order valence-electron chi connectivity index (χ4n) is 3.12. The largest absolute Gasteiger partial charge is 0.373 e. The molecule has 3 atom stereocenters. The average Bonchev–Trinajstić information content (AvgIpc) is 3.23. The Balaban J connectivity index is 0.00000208. The number of ether oxygens (including phenoxy) is 1. The molecule has 3 unspecified atom stereocenters. The maximum absolute atomic E-state index is 10.6. The van der Waals surface area contributed by atoms with Crippen molar-refractivity contribution in [3.05, 3.63) is 22.5 Å². The van der Waals surface area contributed by atoms with Gasteiger partial charge < -0.3 is 15.4 Å². The number of aromatic nitrogens is 2. The molecule has 2 aliphatic heterocycles. The van der Waals surface area contributed by atoms with Gasteiger partial charge in [-0.05, 0) is 26.2 Å². The molecule has 0 aliphatic carbocycles. The number of hydrogen-bond donors (Lipinski definition) is 2. The van der Waals surface area contributed by atoms with Crippen molar-refractivity contribution in [2.75, 3.05) is 13.1 Å². The number of rotatable bonds is 6. The Morgan fingerprint density at radius 1 is 1.58 bits per heavy atom. The van der Waals surface area contributed by atoms with Crippen LogP contribution in [0.1, 0.15) is 26.2 Å². The van der Waals surface area contributed by atoms with Gasteiger partial charge in [0.05, 0.1) is 36.3 Å². The lowest BCUT2D eigenvalue weighted by atomic mass is 9.96. The molecule has 2 fully saturated rings. The highest BCUT2D eigenvalue weighted by atomic mass is 127. The number of hydrogen-bond acceptors (Lipinski definition) is 5. The van der Waals surface area contributed by atoms with Gasteiger partial charge in [0.15, 0.2) is 5.96 Å². The van der Waals surface area contributed by atoms with Gasteiger partial charge >= 0.3 is 5.69 Å². The summed E-state index contributed by atoms with van der Waals surface area (Å²) in [5.74, 6) is 0.760. The molecule has 2 bridgehead atoms. The third kappa shape index (κ3) is 4.56. The molecule has 10 heteroatoms. The minimum atomic E-state index is -0.451. The van der Waals surface area contributed by atoms with Crippen molar-refractivity contribution in [1.82, 2.24) is 20.4 Å². The van der Waals surface area contributed by atoms with E-state index in [0.29, 0.717) is 25.2 Å². The predicted molar refractivity (Wildman–Crippen MR) is 99.7 cm³/mol. The fourth-order valence-corrected chi connectivity index (χ4v) is 3.12. The first kappa shape index (κ1) is 18.9. The summed E-state index contributed by atoms with van der Waals surface area (Å²) in [5, 5.41) is 21.2. The fraction of sp³-hybridized carbons (Fsp3) is 0.714. The number of fused-ring (bicyclic) bond motifs is 2. The summed E-state index contributed by atoms with van der Waals surface area (Å²) in [6, 6.07) is 0.317. The summed E-state index contributed by atoms with van der Waals surface area (Å²) in [7, 11) is 0. The summed E-state index contributed by atoms with van der Waals surface area (Å²) >= 11 is 0. The van der Waals surface area contributed by atoms with Crippen molar-refractivity contribution >= 4 is 35.6 Å². The van der Waals surface area contributed by atoms with E-state index in [1.165, 1.54) is 17.1 Å². The van der Waals surface area contributed by atoms with Gasteiger partial charge in [0.25, 0.3) is 0 Å². The molecule has 2 saturated heterocycles. The summed E-state index contributed by atoms with van der Waals surface area (Å²) in [4.78, 5) is 14.7. The molecule has 24 heavy (non-hydrogen) atoms. The Hall–Kier alpha value is -1.43. The van der Waals surface area contributed by atoms with Crippen LogP contribution in [0.4, 0.5) is 5.69 Å². The van der Waals surface area contributed by atoms with Crippen molar-refractivity contribution in [3.63, 3.8) is 0 Å². The number of aliphatic imine (C=N–C) groups is 1. The Labute approximate surface area is 157 Å². The van der Waals surface area contributed by atoms with E-state index in [-0.39, 0.29) is 35.8 Å². The maximum atomic E-state index is 10.6. The predicted octanol–water partition coefficient (Wildman–Crippen LogP) is 1.28. The molecule has 2 N–H and O–H groups in total. The summed E-state index contributed by atoms with van der Waals surface area (Å²) in [5.41, 5.74) is -0.00172. The molecule has 0 amide bonds. The Kier molecular flexibility index (Phi) is 6.78. The molecule has 0 saturated carbocycles. The first-order chi connectivity index (χ1) is 11.2. The Morgan fingerprint density at radius 3 is 3.00 bits per heavy atom. The third-order valence-corrected chi connectivity index (χ3v) is 4.20. The molecule has 9 nitrogen and oxygen atoms in total. The summed E-state index contributed by atoms with van der Waals surface area (Å²) < 4.78 is 7.37. The molecule has 3 rings (SSSR count). The van der Waals surface area contributed by atoms with Crippen molar-refractivity contribution in [1.29, 1.82) is 0 Å². The lowest BCUT2D eigenvalue weighted by Gasteiger charge is -2.22. The first-order valence-corrected chi connectivity index (χ1v) is 8.03. The van der Waals surface area contributed by atoms with Gasteiger partial charge in [0, 0.05) is 6.54 Å². The SMILES string of the molecule is CCNC(=NCCn1cc([N+](=O)[O-])cn1)NC1CC2CCC1O2.I. The van der Waals surface area contributed by atoms with Crippen molar-refractivity contribution in [2.24, 2.45) is 4.99 Å². The van der Waals surface area contributed by atoms with Crippen LogP contribution in [0.25, 0.3) is 0 Å². The van der Waals surface area contributed by atoms with Crippen LogP contribution in [0, 0.1) is 10.1 Å². The second-order valence-electron chi connectivity index (χ2n) is 5.84. The van der Waals surface area contributed by atoms with E-state index >= 15 is 0 Å². The molecule has 134 valence electrons. The van der Waals surface area contributed by atoms with Gasteiger partial charge in [0.2, 0.25) is 0 Å². The van der Waals surface area contributed by atoms with E-state index in [1.54, 1.807) is 0 Å². The van der Waals surface area contributed by atoms with Gasteiger partial charge in [-0.15, -0.1) is 24.0 Å². The van der Waals surface area contributed by atoms with E-state index in [2.05, 4.69) is 20.7 Å². The van der Waals surface area contributed by atoms with Gasteiger partial charge in [-0.3, -0.25) is 19.8 Å². The van der Waals surface area contributed by atoms with Crippen LogP contribution in [-0.4, -0.2) is 52.0 Å². The number of nitro groups is 1. The maximum Gasteiger partial charge on any atom is 0.306 e. The minimum absolute atomic E-state index is 0. The normalized spacial score (nSPS) is 25.4. The Morgan fingerprint density at radius 2 is 2.42 bits per heavy atom. The highest BCUT2D eigenvalue weighted by Crippen LogP contribution is 2.34. The smallest absolute Gasteiger partial charge is 0.306 e. The summed E-state index contributed by atoms with van der Waals surface area (Å²) in [6.07, 6.45) is 6.65. The van der Waals surface area contributed by atoms with Gasteiger partial charge in [-0.2, -0.15) is 5.10 Å². The minimum Gasteiger partial charge on any atom is -0.373 e. The van der Waals surface area contributed by atoms with E-state index < -0.39 is 4.92 Å². The third-order valence-electron chi connectivity index (χ3n) is 4.20. The highest BCUT2D eigenvalue weighted by molar-refractivity contribution is 14.0. The van der Waals surface area contributed by atoms with Crippen LogP contribution in [0.15, 0.2) is 17.4 Å². The monoisotopic (exact) mass is 450 g/mol. The van der Waals surface area contributed by atoms with Crippen molar-refractivity contribution in [3.8, 4) is 0 Å². The zero-order valence-corrected chi connectivity index (χ0v) is 15.9. The number of guanidine groups is 1. The number of halogens is 1. The molecular weight excluding hydrogens is 427 g/mol. The second-order valence-corrected chi connectivity index (χ2v) is 5.84. The van der Waals surface area contributed by atoms with Crippen LogP contribution in [0.5, 0.6) is 0 Å². The molecule has 1 aromatic rings. The van der Waals surface area contributed by atoms with Gasteiger partial charge in [0.1, 0.15) is 12.4 Å².